The number of pyridine rings is 1. The predicted molar refractivity (Wildman–Crippen MR) is 94.4 cm³/mol. The third kappa shape index (κ3) is 3.92. The molecule has 2 aromatic rings. The number of aromatic amines is 1. The highest BCUT2D eigenvalue weighted by Crippen LogP contribution is 2.27. The molecule has 124 valence electrons. The zero-order chi connectivity index (χ0) is 15.6. The number of H-pyrrole nitrogens is 1. The van der Waals surface area contributed by atoms with Crippen molar-refractivity contribution in [3.05, 3.63) is 46.2 Å². The summed E-state index contributed by atoms with van der Waals surface area (Å²) in [4.78, 5) is 27.0. The number of aromatic nitrogens is 1. The molecule has 3 rings (SSSR count). The van der Waals surface area contributed by atoms with Crippen LogP contribution in [0.25, 0.3) is 10.9 Å². The Morgan fingerprint density at radius 2 is 1.96 bits per heavy atom. The van der Waals surface area contributed by atoms with Gasteiger partial charge in [-0.05, 0) is 37.4 Å². The van der Waals surface area contributed by atoms with E-state index in [1.165, 1.54) is 6.07 Å². The van der Waals surface area contributed by atoms with E-state index in [4.69, 9.17) is 0 Å². The third-order valence-corrected chi connectivity index (χ3v) is 4.48. The van der Waals surface area contributed by atoms with E-state index in [2.05, 4.69) is 22.5 Å². The topological polar surface area (TPSA) is 74.0 Å². The van der Waals surface area contributed by atoms with Crippen LogP contribution in [0.3, 0.4) is 0 Å². The number of para-hydroxylation sites is 1. The first-order valence-corrected chi connectivity index (χ1v) is 7.68. The third-order valence-electron chi connectivity index (χ3n) is 4.48. The van der Waals surface area contributed by atoms with E-state index in [1.54, 1.807) is 0 Å². The standard InChI is InChI=1S/C17H21N3O2.ClH/c1-17(6-8-18-9-7-17)11-19-16(22)13-10-15(21)20-14-5-3-2-4-12(13)14;/h2-5,10,18H,6-9,11H2,1H3,(H,19,22)(H,20,21);1H. The van der Waals surface area contributed by atoms with E-state index in [9.17, 15) is 9.59 Å². The maximum Gasteiger partial charge on any atom is 0.252 e. The van der Waals surface area contributed by atoms with Crippen molar-refractivity contribution in [3.8, 4) is 0 Å². The Kier molecular flexibility index (Phi) is 5.44. The summed E-state index contributed by atoms with van der Waals surface area (Å²) in [6.45, 7) is 4.80. The second-order valence-electron chi connectivity index (χ2n) is 6.34. The lowest BCUT2D eigenvalue weighted by molar-refractivity contribution is 0.0924. The molecule has 0 unspecified atom stereocenters. The maximum absolute atomic E-state index is 12.5. The van der Waals surface area contributed by atoms with Crippen molar-refractivity contribution in [2.75, 3.05) is 19.6 Å². The van der Waals surface area contributed by atoms with Gasteiger partial charge in [-0.1, -0.05) is 25.1 Å². The van der Waals surface area contributed by atoms with Crippen LogP contribution in [0, 0.1) is 5.41 Å². The van der Waals surface area contributed by atoms with Gasteiger partial charge in [-0.3, -0.25) is 9.59 Å². The number of amides is 1. The summed E-state index contributed by atoms with van der Waals surface area (Å²) in [5.74, 6) is -0.179. The zero-order valence-electron chi connectivity index (χ0n) is 13.1. The largest absolute Gasteiger partial charge is 0.351 e. The second-order valence-corrected chi connectivity index (χ2v) is 6.34. The minimum atomic E-state index is -0.253. The van der Waals surface area contributed by atoms with Crippen molar-refractivity contribution in [2.45, 2.75) is 19.8 Å². The Hall–Kier alpha value is -1.85. The van der Waals surface area contributed by atoms with Gasteiger partial charge in [-0.15, -0.1) is 12.4 Å². The number of fused-ring (bicyclic) bond motifs is 1. The average molecular weight is 336 g/mol. The normalized spacial score (nSPS) is 16.6. The van der Waals surface area contributed by atoms with Gasteiger partial charge in [0.05, 0.1) is 5.56 Å². The molecule has 0 saturated carbocycles. The molecule has 23 heavy (non-hydrogen) atoms. The molecule has 1 aliphatic heterocycles. The second kappa shape index (κ2) is 7.15. The first-order valence-electron chi connectivity index (χ1n) is 7.68. The number of carbonyl (C=O) groups is 1. The van der Waals surface area contributed by atoms with Crippen LogP contribution in [0.4, 0.5) is 0 Å². The molecule has 0 atom stereocenters. The summed E-state index contributed by atoms with van der Waals surface area (Å²) in [7, 11) is 0. The molecule has 1 aromatic heterocycles. The van der Waals surface area contributed by atoms with Gasteiger partial charge in [0, 0.05) is 23.5 Å². The van der Waals surface area contributed by atoms with E-state index in [1.807, 2.05) is 24.3 Å². The lowest BCUT2D eigenvalue weighted by Crippen LogP contribution is -2.43. The first-order chi connectivity index (χ1) is 10.6. The van der Waals surface area contributed by atoms with Crippen molar-refractivity contribution < 1.29 is 4.79 Å². The van der Waals surface area contributed by atoms with E-state index in [0.717, 1.165) is 31.3 Å². The number of carbonyl (C=O) groups excluding carboxylic acids is 1. The van der Waals surface area contributed by atoms with E-state index in [-0.39, 0.29) is 29.3 Å². The number of nitrogens with one attached hydrogen (secondary N) is 3. The van der Waals surface area contributed by atoms with Crippen LogP contribution in [0.2, 0.25) is 0 Å². The maximum atomic E-state index is 12.5. The van der Waals surface area contributed by atoms with Crippen LogP contribution in [-0.4, -0.2) is 30.5 Å². The Labute approximate surface area is 141 Å². The summed E-state index contributed by atoms with van der Waals surface area (Å²) in [6.07, 6.45) is 2.09. The highest BCUT2D eigenvalue weighted by Gasteiger charge is 2.27. The van der Waals surface area contributed by atoms with Crippen LogP contribution < -0.4 is 16.2 Å². The molecule has 0 aliphatic carbocycles. The molecular formula is C17H22ClN3O2. The fourth-order valence-electron chi connectivity index (χ4n) is 2.99. The Balaban J connectivity index is 0.00000192. The number of halogens is 1. The summed E-state index contributed by atoms with van der Waals surface area (Å²) in [6, 6.07) is 8.75. The van der Waals surface area contributed by atoms with Gasteiger partial charge in [0.25, 0.3) is 5.91 Å². The minimum Gasteiger partial charge on any atom is -0.351 e. The van der Waals surface area contributed by atoms with Gasteiger partial charge in [-0.2, -0.15) is 0 Å². The Bertz CT molecular complexity index is 751. The van der Waals surface area contributed by atoms with Crippen LogP contribution in [0.15, 0.2) is 35.1 Å². The predicted octanol–water partition coefficient (Wildman–Crippen LogP) is 2.07. The molecule has 3 N–H and O–H groups in total. The van der Waals surface area contributed by atoms with Gasteiger partial charge in [0.1, 0.15) is 0 Å². The van der Waals surface area contributed by atoms with Gasteiger partial charge in [0.15, 0.2) is 0 Å². The first kappa shape index (κ1) is 17.5. The van der Waals surface area contributed by atoms with Gasteiger partial charge < -0.3 is 15.6 Å². The number of hydrogen-bond donors (Lipinski definition) is 3. The van der Waals surface area contributed by atoms with Gasteiger partial charge in [-0.25, -0.2) is 0 Å². The molecule has 0 radical (unpaired) electrons. The molecule has 1 amide bonds. The lowest BCUT2D eigenvalue weighted by atomic mass is 9.81. The Morgan fingerprint density at radius 3 is 2.70 bits per heavy atom. The SMILES string of the molecule is CC1(CNC(=O)c2cc(=O)[nH]c3ccccc23)CCNCC1.Cl. The Morgan fingerprint density at radius 1 is 1.26 bits per heavy atom. The van der Waals surface area contributed by atoms with Gasteiger partial charge >= 0.3 is 0 Å². The highest BCUT2D eigenvalue weighted by molar-refractivity contribution is 6.05. The van der Waals surface area contributed by atoms with Crippen molar-refractivity contribution in [1.82, 2.24) is 15.6 Å². The van der Waals surface area contributed by atoms with E-state index >= 15 is 0 Å². The van der Waals surface area contributed by atoms with E-state index < -0.39 is 0 Å². The molecule has 1 aromatic carbocycles. The van der Waals surface area contributed by atoms with Crippen LogP contribution in [0.1, 0.15) is 30.1 Å². The quantitative estimate of drug-likeness (QED) is 0.804. The van der Waals surface area contributed by atoms with Crippen molar-refractivity contribution in [1.29, 1.82) is 0 Å². The average Bonchev–Trinajstić information content (AvgIpc) is 2.52. The summed E-state index contributed by atoms with van der Waals surface area (Å²) in [5.41, 5.74) is 1.000. The van der Waals surface area contributed by atoms with Crippen molar-refractivity contribution in [3.63, 3.8) is 0 Å². The number of rotatable bonds is 3. The molecule has 0 spiro atoms. The van der Waals surface area contributed by atoms with Crippen LogP contribution in [0.5, 0.6) is 0 Å². The molecule has 1 saturated heterocycles. The lowest BCUT2D eigenvalue weighted by Gasteiger charge is -2.34. The van der Waals surface area contributed by atoms with Gasteiger partial charge in [0.2, 0.25) is 5.56 Å². The number of benzene rings is 1. The fourth-order valence-corrected chi connectivity index (χ4v) is 2.99. The summed E-state index contributed by atoms with van der Waals surface area (Å²) in [5, 5.41) is 7.11. The van der Waals surface area contributed by atoms with Crippen molar-refractivity contribution >= 4 is 29.2 Å². The molecule has 0 bridgehead atoms. The molecule has 5 nitrogen and oxygen atoms in total. The fraction of sp³-hybridized carbons (Fsp3) is 0.412. The molecular weight excluding hydrogens is 314 g/mol. The number of hydrogen-bond acceptors (Lipinski definition) is 3. The highest BCUT2D eigenvalue weighted by atomic mass is 35.5. The minimum absolute atomic E-state index is 0. The van der Waals surface area contributed by atoms with Crippen LogP contribution in [-0.2, 0) is 0 Å². The van der Waals surface area contributed by atoms with Crippen molar-refractivity contribution in [2.24, 2.45) is 5.41 Å². The molecule has 2 heterocycles. The molecule has 1 aliphatic rings. The summed E-state index contributed by atoms with van der Waals surface area (Å²) < 4.78 is 0. The van der Waals surface area contributed by atoms with Crippen LogP contribution >= 0.6 is 12.4 Å². The monoisotopic (exact) mass is 335 g/mol. The van der Waals surface area contributed by atoms with E-state index in [0.29, 0.717) is 17.6 Å². The molecule has 1 fully saturated rings. The zero-order valence-corrected chi connectivity index (χ0v) is 14.0. The smallest absolute Gasteiger partial charge is 0.252 e. The summed E-state index contributed by atoms with van der Waals surface area (Å²) >= 11 is 0. The molecule has 6 heteroatoms. The number of piperidine rings is 1.